The molecule has 0 aliphatic carbocycles. The van der Waals surface area contributed by atoms with Gasteiger partial charge in [0.25, 0.3) is 5.91 Å². The number of amides is 1. The van der Waals surface area contributed by atoms with Crippen molar-refractivity contribution >= 4 is 22.7 Å². The number of carbonyl (C=O) groups excluding carboxylic acids is 2. The maximum absolute atomic E-state index is 13.6. The first kappa shape index (κ1) is 28.8. The van der Waals surface area contributed by atoms with Crippen molar-refractivity contribution in [1.29, 1.82) is 0 Å². The van der Waals surface area contributed by atoms with Crippen molar-refractivity contribution in [2.75, 3.05) is 13.2 Å². The fraction of sp³-hybridized carbons (Fsp3) is 0.222. The molecule has 4 aromatic carbocycles. The van der Waals surface area contributed by atoms with E-state index in [1.165, 1.54) is 12.1 Å². The Morgan fingerprint density at radius 3 is 2.29 bits per heavy atom. The quantitative estimate of drug-likeness (QED) is 0.172. The van der Waals surface area contributed by atoms with Crippen molar-refractivity contribution < 1.29 is 23.1 Å². The van der Waals surface area contributed by atoms with Gasteiger partial charge in [-0.2, -0.15) is 0 Å². The van der Waals surface area contributed by atoms with E-state index in [2.05, 4.69) is 19.2 Å². The average Bonchev–Trinajstić information content (AvgIpc) is 3.38. The number of rotatable bonds is 10. The van der Waals surface area contributed by atoms with Crippen LogP contribution < -0.4 is 10.1 Å². The Morgan fingerprint density at radius 2 is 1.57 bits per heavy atom. The van der Waals surface area contributed by atoms with Crippen LogP contribution in [0.4, 0.5) is 4.39 Å². The van der Waals surface area contributed by atoms with Crippen molar-refractivity contribution in [3.05, 3.63) is 102 Å². The average molecular weight is 564 g/mol. The molecule has 6 heteroatoms. The molecule has 0 fully saturated rings. The van der Waals surface area contributed by atoms with Crippen LogP contribution in [0, 0.1) is 11.7 Å². The third-order valence-corrected chi connectivity index (χ3v) is 7.12. The van der Waals surface area contributed by atoms with Crippen LogP contribution in [0.2, 0.25) is 0 Å². The van der Waals surface area contributed by atoms with Gasteiger partial charge < -0.3 is 14.5 Å². The second kappa shape index (κ2) is 12.4. The maximum atomic E-state index is 13.6. The van der Waals surface area contributed by atoms with Crippen LogP contribution in [0.5, 0.6) is 5.75 Å². The fourth-order valence-electron chi connectivity index (χ4n) is 5.01. The summed E-state index contributed by atoms with van der Waals surface area (Å²) in [6, 6.07) is 25.2. The molecule has 1 amide bonds. The Morgan fingerprint density at radius 1 is 0.857 bits per heavy atom. The van der Waals surface area contributed by atoms with Gasteiger partial charge in [0.1, 0.15) is 22.9 Å². The van der Waals surface area contributed by atoms with Crippen molar-refractivity contribution in [2.24, 2.45) is 5.92 Å². The highest BCUT2D eigenvalue weighted by molar-refractivity contribution is 6.13. The SMILES string of the molecule is CCOc1cccc(-c2ccc(-c3ccc4oc(-c5ccc(F)cc5)c(C(=O)CC)c4c3)cc2C(=O)NCC(C)C)c1. The molecule has 0 aliphatic rings. The number of halogens is 1. The summed E-state index contributed by atoms with van der Waals surface area (Å²) >= 11 is 0. The van der Waals surface area contributed by atoms with E-state index in [0.29, 0.717) is 58.9 Å². The highest BCUT2D eigenvalue weighted by Gasteiger charge is 2.22. The molecule has 1 heterocycles. The number of furan rings is 1. The first-order valence-corrected chi connectivity index (χ1v) is 14.3. The van der Waals surface area contributed by atoms with Crippen molar-refractivity contribution in [3.8, 4) is 39.3 Å². The Hall–Kier alpha value is -4.71. The molecule has 0 saturated heterocycles. The predicted molar refractivity (Wildman–Crippen MR) is 165 cm³/mol. The smallest absolute Gasteiger partial charge is 0.251 e. The standard InChI is InChI=1S/C36H34FNO4/c1-5-32(39)34-31-20-25(13-17-33(31)42-35(34)23-10-14-27(37)15-11-23)24-12-16-29(26-8-7-9-28(18-26)41-6-2)30(19-24)36(40)38-21-22(3)4/h7-20,22H,5-6,21H2,1-4H3,(H,38,40). The van der Waals surface area contributed by atoms with Crippen LogP contribution in [0.25, 0.3) is 44.5 Å². The van der Waals surface area contributed by atoms with E-state index < -0.39 is 0 Å². The first-order valence-electron chi connectivity index (χ1n) is 14.3. The van der Waals surface area contributed by atoms with E-state index in [0.717, 1.165) is 28.0 Å². The van der Waals surface area contributed by atoms with E-state index in [1.54, 1.807) is 19.1 Å². The number of fused-ring (bicyclic) bond motifs is 1. The molecule has 42 heavy (non-hydrogen) atoms. The lowest BCUT2D eigenvalue weighted by molar-refractivity contribution is 0.0948. The third-order valence-electron chi connectivity index (χ3n) is 7.12. The fourth-order valence-corrected chi connectivity index (χ4v) is 5.01. The minimum absolute atomic E-state index is 0.0662. The first-order chi connectivity index (χ1) is 20.3. The molecule has 5 nitrogen and oxygen atoms in total. The Kier molecular flexibility index (Phi) is 8.53. The Balaban J connectivity index is 1.63. The van der Waals surface area contributed by atoms with Gasteiger partial charge in [-0.3, -0.25) is 9.59 Å². The Labute approximate surface area is 245 Å². The summed E-state index contributed by atoms with van der Waals surface area (Å²) in [4.78, 5) is 26.6. The second-order valence-electron chi connectivity index (χ2n) is 10.6. The van der Waals surface area contributed by atoms with Gasteiger partial charge in [0.05, 0.1) is 12.2 Å². The highest BCUT2D eigenvalue weighted by atomic mass is 19.1. The summed E-state index contributed by atoms with van der Waals surface area (Å²) < 4.78 is 25.5. The van der Waals surface area contributed by atoms with Crippen LogP contribution in [0.3, 0.4) is 0 Å². The molecule has 0 spiro atoms. The molecule has 5 aromatic rings. The summed E-state index contributed by atoms with van der Waals surface area (Å²) in [5.41, 5.74) is 5.56. The lowest BCUT2D eigenvalue weighted by Gasteiger charge is -2.15. The number of hydrogen-bond donors (Lipinski definition) is 1. The van der Waals surface area contributed by atoms with Crippen LogP contribution in [-0.4, -0.2) is 24.8 Å². The van der Waals surface area contributed by atoms with E-state index in [4.69, 9.17) is 9.15 Å². The molecule has 0 bridgehead atoms. The van der Waals surface area contributed by atoms with E-state index in [1.807, 2.05) is 67.6 Å². The summed E-state index contributed by atoms with van der Waals surface area (Å²) in [5.74, 6) is 0.878. The monoisotopic (exact) mass is 563 g/mol. The van der Waals surface area contributed by atoms with Crippen molar-refractivity contribution in [1.82, 2.24) is 5.32 Å². The molecule has 0 aliphatic heterocycles. The molecular weight excluding hydrogens is 529 g/mol. The Bertz CT molecular complexity index is 1750. The summed E-state index contributed by atoms with van der Waals surface area (Å²) in [6.45, 7) is 8.95. The molecule has 1 aromatic heterocycles. The number of benzene rings is 4. The van der Waals surface area contributed by atoms with Gasteiger partial charge in [0.2, 0.25) is 0 Å². The molecule has 5 rings (SSSR count). The van der Waals surface area contributed by atoms with Crippen LogP contribution in [0.15, 0.2) is 89.3 Å². The van der Waals surface area contributed by atoms with Gasteiger partial charge in [0, 0.05) is 29.5 Å². The summed E-state index contributed by atoms with van der Waals surface area (Å²) in [7, 11) is 0. The van der Waals surface area contributed by atoms with Crippen LogP contribution in [0.1, 0.15) is 54.8 Å². The number of ether oxygens (including phenoxy) is 1. The topological polar surface area (TPSA) is 68.5 Å². The number of carbonyl (C=O) groups is 2. The van der Waals surface area contributed by atoms with Crippen LogP contribution >= 0.6 is 0 Å². The predicted octanol–water partition coefficient (Wildman–Crippen LogP) is 8.95. The number of ketones is 1. The molecular formula is C36H34FNO4. The second-order valence-corrected chi connectivity index (χ2v) is 10.6. The van der Waals surface area contributed by atoms with E-state index in [9.17, 15) is 14.0 Å². The highest BCUT2D eigenvalue weighted by Crippen LogP contribution is 2.38. The maximum Gasteiger partial charge on any atom is 0.251 e. The molecule has 0 unspecified atom stereocenters. The molecule has 0 saturated carbocycles. The van der Waals surface area contributed by atoms with Gasteiger partial charge in [-0.25, -0.2) is 4.39 Å². The number of hydrogen-bond acceptors (Lipinski definition) is 4. The van der Waals surface area contributed by atoms with Crippen molar-refractivity contribution in [3.63, 3.8) is 0 Å². The summed E-state index contributed by atoms with van der Waals surface area (Å²) in [6.07, 6.45) is 0.294. The summed E-state index contributed by atoms with van der Waals surface area (Å²) in [5, 5.41) is 3.74. The van der Waals surface area contributed by atoms with Crippen molar-refractivity contribution in [2.45, 2.75) is 34.1 Å². The number of Topliss-reactive ketones (excluding diaryl/α,β-unsaturated/α-hetero) is 1. The number of nitrogens with one attached hydrogen (secondary N) is 1. The molecule has 214 valence electrons. The minimum atomic E-state index is -0.359. The lowest BCUT2D eigenvalue weighted by Crippen LogP contribution is -2.27. The normalized spacial score (nSPS) is 11.2. The zero-order valence-electron chi connectivity index (χ0n) is 24.3. The zero-order valence-corrected chi connectivity index (χ0v) is 24.3. The van der Waals surface area contributed by atoms with Gasteiger partial charge in [-0.05, 0) is 89.7 Å². The lowest BCUT2D eigenvalue weighted by atomic mass is 9.93. The largest absolute Gasteiger partial charge is 0.494 e. The molecule has 1 N–H and O–H groups in total. The van der Waals surface area contributed by atoms with Gasteiger partial charge in [-0.1, -0.05) is 51.1 Å². The van der Waals surface area contributed by atoms with E-state index >= 15 is 0 Å². The van der Waals surface area contributed by atoms with Crippen LogP contribution in [-0.2, 0) is 0 Å². The van der Waals surface area contributed by atoms with E-state index in [-0.39, 0.29) is 17.5 Å². The van der Waals surface area contributed by atoms with Gasteiger partial charge in [0.15, 0.2) is 5.78 Å². The zero-order chi connectivity index (χ0) is 29.8. The molecule has 0 atom stereocenters. The van der Waals surface area contributed by atoms with Gasteiger partial charge in [-0.15, -0.1) is 0 Å². The molecule has 0 radical (unpaired) electrons. The minimum Gasteiger partial charge on any atom is -0.494 e. The third kappa shape index (κ3) is 5.98. The van der Waals surface area contributed by atoms with Gasteiger partial charge >= 0.3 is 0 Å².